The van der Waals surface area contributed by atoms with Gasteiger partial charge in [-0.05, 0) is 43.6 Å². The summed E-state index contributed by atoms with van der Waals surface area (Å²) in [6.45, 7) is 2.33. The number of unbranched alkanes of at least 4 members (excludes halogenated alkanes) is 4. The molecule has 1 aliphatic carbocycles. The highest BCUT2D eigenvalue weighted by atomic mass is 16.6. The summed E-state index contributed by atoms with van der Waals surface area (Å²) in [7, 11) is 1.40. The second-order valence-corrected chi connectivity index (χ2v) is 7.42. The SMILES string of the molecule is COC(=O)C[C@@]1(C)CCC2(C=CCCCCCCO)OC(=O)CC21. The average molecular weight is 338 g/mol. The Morgan fingerprint density at radius 1 is 1.33 bits per heavy atom. The van der Waals surface area contributed by atoms with Gasteiger partial charge in [-0.15, -0.1) is 0 Å². The Labute approximate surface area is 144 Å². The van der Waals surface area contributed by atoms with Gasteiger partial charge in [-0.25, -0.2) is 0 Å². The number of ether oxygens (including phenoxy) is 2. The van der Waals surface area contributed by atoms with Gasteiger partial charge in [-0.1, -0.05) is 25.8 Å². The lowest BCUT2D eigenvalue weighted by Gasteiger charge is -2.32. The molecule has 0 radical (unpaired) electrons. The van der Waals surface area contributed by atoms with Crippen LogP contribution in [0.1, 0.15) is 64.7 Å². The monoisotopic (exact) mass is 338 g/mol. The van der Waals surface area contributed by atoms with E-state index in [9.17, 15) is 9.59 Å². The minimum absolute atomic E-state index is 0.0437. The maximum atomic E-state index is 11.9. The Balaban J connectivity index is 1.97. The van der Waals surface area contributed by atoms with Gasteiger partial charge in [0.05, 0.1) is 20.0 Å². The van der Waals surface area contributed by atoms with Crippen molar-refractivity contribution < 1.29 is 24.2 Å². The van der Waals surface area contributed by atoms with Gasteiger partial charge in [0, 0.05) is 12.5 Å². The summed E-state index contributed by atoms with van der Waals surface area (Å²) in [6, 6.07) is 0. The van der Waals surface area contributed by atoms with Crippen molar-refractivity contribution in [1.29, 1.82) is 0 Å². The van der Waals surface area contributed by atoms with Crippen LogP contribution >= 0.6 is 0 Å². The first-order valence-electron chi connectivity index (χ1n) is 9.03. The molecule has 0 amide bonds. The number of aliphatic hydroxyl groups is 1. The van der Waals surface area contributed by atoms with Gasteiger partial charge in [0.1, 0.15) is 5.60 Å². The number of hydrogen-bond acceptors (Lipinski definition) is 5. The molecule has 2 rings (SSSR count). The second kappa shape index (κ2) is 8.15. The number of carbonyl (C=O) groups excluding carboxylic acids is 2. The molecule has 0 bridgehead atoms. The van der Waals surface area contributed by atoms with E-state index in [1.165, 1.54) is 7.11 Å². The van der Waals surface area contributed by atoms with E-state index in [1.54, 1.807) is 0 Å². The maximum Gasteiger partial charge on any atom is 0.307 e. The molecule has 2 fully saturated rings. The largest absolute Gasteiger partial charge is 0.469 e. The van der Waals surface area contributed by atoms with Gasteiger partial charge >= 0.3 is 11.9 Å². The Morgan fingerprint density at radius 3 is 2.79 bits per heavy atom. The topological polar surface area (TPSA) is 72.8 Å². The van der Waals surface area contributed by atoms with Gasteiger partial charge in [-0.3, -0.25) is 9.59 Å². The predicted octanol–water partition coefficient (Wildman–Crippen LogP) is 3.15. The third-order valence-electron chi connectivity index (χ3n) is 5.65. The lowest BCUT2D eigenvalue weighted by Crippen LogP contribution is -2.35. The van der Waals surface area contributed by atoms with Crippen LogP contribution in [0.25, 0.3) is 0 Å². The van der Waals surface area contributed by atoms with E-state index in [-0.39, 0.29) is 29.9 Å². The number of aliphatic hydroxyl groups excluding tert-OH is 1. The van der Waals surface area contributed by atoms with Crippen LogP contribution in [0.5, 0.6) is 0 Å². The number of hydrogen-bond donors (Lipinski definition) is 1. The smallest absolute Gasteiger partial charge is 0.307 e. The molecule has 0 spiro atoms. The van der Waals surface area contributed by atoms with Crippen LogP contribution in [0.15, 0.2) is 12.2 Å². The van der Waals surface area contributed by atoms with Gasteiger partial charge in [0.25, 0.3) is 0 Å². The highest BCUT2D eigenvalue weighted by Crippen LogP contribution is 2.58. The normalized spacial score (nSPS) is 32.1. The molecule has 1 heterocycles. The zero-order valence-corrected chi connectivity index (χ0v) is 14.9. The number of carbonyl (C=O) groups is 2. The summed E-state index contributed by atoms with van der Waals surface area (Å²) in [5.74, 6) is -0.342. The molecule has 2 unspecified atom stereocenters. The summed E-state index contributed by atoms with van der Waals surface area (Å²) in [5.41, 5.74) is -0.782. The summed E-state index contributed by atoms with van der Waals surface area (Å²) < 4.78 is 10.5. The highest BCUT2D eigenvalue weighted by molar-refractivity contribution is 5.75. The van der Waals surface area contributed by atoms with Crippen LogP contribution in [0.2, 0.25) is 0 Å². The van der Waals surface area contributed by atoms with Crippen LogP contribution in [0.4, 0.5) is 0 Å². The molecule has 5 heteroatoms. The average Bonchev–Trinajstić information content (AvgIpc) is 3.01. The lowest BCUT2D eigenvalue weighted by atomic mass is 9.72. The van der Waals surface area contributed by atoms with Crippen molar-refractivity contribution in [2.45, 2.75) is 70.3 Å². The molecular weight excluding hydrogens is 308 g/mol. The number of esters is 2. The Kier molecular flexibility index (Phi) is 6.44. The molecular formula is C19H30O5. The summed E-state index contributed by atoms with van der Waals surface area (Å²) in [6.07, 6.45) is 11.6. The zero-order chi connectivity index (χ0) is 17.6. The molecule has 3 atom stereocenters. The number of rotatable bonds is 9. The summed E-state index contributed by atoms with van der Waals surface area (Å²) in [4.78, 5) is 23.7. The molecule has 24 heavy (non-hydrogen) atoms. The van der Waals surface area contributed by atoms with E-state index in [0.29, 0.717) is 12.8 Å². The van der Waals surface area contributed by atoms with Crippen LogP contribution < -0.4 is 0 Å². The van der Waals surface area contributed by atoms with Crippen molar-refractivity contribution in [1.82, 2.24) is 0 Å². The van der Waals surface area contributed by atoms with Crippen molar-refractivity contribution in [2.24, 2.45) is 11.3 Å². The molecule has 1 saturated heterocycles. The quantitative estimate of drug-likeness (QED) is 0.397. The fourth-order valence-electron chi connectivity index (χ4n) is 4.24. The molecule has 0 aromatic rings. The second-order valence-electron chi connectivity index (χ2n) is 7.42. The van der Waals surface area contributed by atoms with E-state index < -0.39 is 5.60 Å². The third kappa shape index (κ3) is 4.18. The fourth-order valence-corrected chi connectivity index (χ4v) is 4.24. The zero-order valence-electron chi connectivity index (χ0n) is 14.9. The van der Waals surface area contributed by atoms with Crippen molar-refractivity contribution in [3.05, 3.63) is 12.2 Å². The first-order chi connectivity index (χ1) is 11.5. The first kappa shape index (κ1) is 19.0. The van der Waals surface area contributed by atoms with Crippen LogP contribution in [-0.4, -0.2) is 36.4 Å². The Bertz CT molecular complexity index is 486. The standard InChI is InChI=1S/C19H30O5/c1-18(14-17(22)23-2)10-11-19(15(18)13-16(21)24-19)9-7-5-3-4-6-8-12-20/h7,9,15,20H,3-6,8,10-14H2,1-2H3/t15?,18-,19?/m1/s1. The van der Waals surface area contributed by atoms with E-state index in [2.05, 4.69) is 19.1 Å². The molecule has 0 aromatic carbocycles. The molecule has 0 aromatic heterocycles. The number of fused-ring (bicyclic) bond motifs is 1. The van der Waals surface area contributed by atoms with Crippen LogP contribution in [-0.2, 0) is 19.1 Å². The van der Waals surface area contributed by atoms with Gasteiger partial charge in [-0.2, -0.15) is 0 Å². The van der Waals surface area contributed by atoms with E-state index >= 15 is 0 Å². The first-order valence-corrected chi connectivity index (χ1v) is 9.03. The molecule has 1 saturated carbocycles. The summed E-state index contributed by atoms with van der Waals surface area (Å²) >= 11 is 0. The molecule has 136 valence electrons. The predicted molar refractivity (Wildman–Crippen MR) is 90.2 cm³/mol. The van der Waals surface area contributed by atoms with Crippen LogP contribution in [0, 0.1) is 11.3 Å². The molecule has 1 N–H and O–H groups in total. The van der Waals surface area contributed by atoms with Gasteiger partial charge in [0.2, 0.25) is 0 Å². The molecule has 1 aliphatic heterocycles. The van der Waals surface area contributed by atoms with Gasteiger partial charge < -0.3 is 14.6 Å². The highest BCUT2D eigenvalue weighted by Gasteiger charge is 2.60. The van der Waals surface area contributed by atoms with Crippen molar-refractivity contribution in [2.75, 3.05) is 13.7 Å². The number of allylic oxidation sites excluding steroid dienone is 1. The minimum Gasteiger partial charge on any atom is -0.469 e. The lowest BCUT2D eigenvalue weighted by molar-refractivity contribution is -0.145. The van der Waals surface area contributed by atoms with E-state index in [1.807, 2.05) is 0 Å². The maximum absolute atomic E-state index is 11.9. The van der Waals surface area contributed by atoms with Gasteiger partial charge in [0.15, 0.2) is 0 Å². The van der Waals surface area contributed by atoms with Crippen molar-refractivity contribution in [3.8, 4) is 0 Å². The van der Waals surface area contributed by atoms with Crippen molar-refractivity contribution in [3.63, 3.8) is 0 Å². The molecule has 5 nitrogen and oxygen atoms in total. The third-order valence-corrected chi connectivity index (χ3v) is 5.65. The van der Waals surface area contributed by atoms with E-state index in [0.717, 1.165) is 44.9 Å². The van der Waals surface area contributed by atoms with Crippen LogP contribution in [0.3, 0.4) is 0 Å². The summed E-state index contributed by atoms with van der Waals surface area (Å²) in [5, 5.41) is 8.77. The Hall–Kier alpha value is -1.36. The minimum atomic E-state index is -0.537. The fraction of sp³-hybridized carbons (Fsp3) is 0.789. The van der Waals surface area contributed by atoms with E-state index in [4.69, 9.17) is 14.6 Å². The Morgan fingerprint density at radius 2 is 2.08 bits per heavy atom. The number of methoxy groups -OCH3 is 1. The molecule has 2 aliphatic rings. The van der Waals surface area contributed by atoms with Crippen molar-refractivity contribution >= 4 is 11.9 Å².